The first-order valence-corrected chi connectivity index (χ1v) is 10.7. The fourth-order valence-corrected chi connectivity index (χ4v) is 4.60. The number of nitrogens with one attached hydrogen (secondary N) is 1. The fraction of sp³-hybridized carbons (Fsp3) is 0.368. The second kappa shape index (κ2) is 8.41. The summed E-state index contributed by atoms with van der Waals surface area (Å²) in [5.74, 6) is 0. The van der Waals surface area contributed by atoms with Gasteiger partial charge in [0.2, 0.25) is 10.0 Å². The van der Waals surface area contributed by atoms with Gasteiger partial charge in [-0.2, -0.15) is 13.2 Å². The van der Waals surface area contributed by atoms with Crippen LogP contribution >= 0.6 is 11.6 Å². The zero-order chi connectivity index (χ0) is 20.4. The van der Waals surface area contributed by atoms with Crippen LogP contribution in [0.1, 0.15) is 24.0 Å². The Kier molecular flexibility index (Phi) is 6.34. The number of piperidine rings is 1. The van der Waals surface area contributed by atoms with E-state index in [1.807, 2.05) is 24.3 Å². The van der Waals surface area contributed by atoms with Crippen LogP contribution in [0.3, 0.4) is 0 Å². The van der Waals surface area contributed by atoms with Crippen molar-refractivity contribution in [1.29, 1.82) is 0 Å². The van der Waals surface area contributed by atoms with Crippen LogP contribution in [0.25, 0.3) is 0 Å². The Morgan fingerprint density at radius 1 is 1.00 bits per heavy atom. The molecule has 1 heterocycles. The second-order valence-electron chi connectivity index (χ2n) is 6.82. The Morgan fingerprint density at radius 3 is 2.11 bits per heavy atom. The summed E-state index contributed by atoms with van der Waals surface area (Å²) in [5.41, 5.74) is 0.259. The molecule has 0 unspecified atom stereocenters. The molecule has 2 aromatic carbocycles. The zero-order valence-corrected chi connectivity index (χ0v) is 16.5. The standard InChI is InChI=1S/C19H20ClF3N2O2S/c20-16-5-1-14(2-6-16)13-25-11-9-17(10-12-25)24-28(26,27)18-7-3-15(4-8-18)19(21,22)23/h1-8,17,24H,9-13H2. The maximum Gasteiger partial charge on any atom is 0.416 e. The molecule has 152 valence electrons. The molecule has 1 N–H and O–H groups in total. The predicted molar refractivity (Wildman–Crippen MR) is 102 cm³/mol. The van der Waals surface area contributed by atoms with Gasteiger partial charge < -0.3 is 0 Å². The van der Waals surface area contributed by atoms with Gasteiger partial charge in [0, 0.05) is 30.7 Å². The monoisotopic (exact) mass is 432 g/mol. The van der Waals surface area contributed by atoms with E-state index in [9.17, 15) is 21.6 Å². The fourth-order valence-electron chi connectivity index (χ4n) is 3.17. The van der Waals surface area contributed by atoms with E-state index >= 15 is 0 Å². The highest BCUT2D eigenvalue weighted by Crippen LogP contribution is 2.29. The quantitative estimate of drug-likeness (QED) is 0.766. The highest BCUT2D eigenvalue weighted by atomic mass is 35.5. The van der Waals surface area contributed by atoms with Gasteiger partial charge in [-0.25, -0.2) is 13.1 Å². The van der Waals surface area contributed by atoms with Crippen molar-refractivity contribution < 1.29 is 21.6 Å². The summed E-state index contributed by atoms with van der Waals surface area (Å²) in [5, 5.41) is 0.681. The van der Waals surface area contributed by atoms with Gasteiger partial charge in [-0.05, 0) is 54.8 Å². The van der Waals surface area contributed by atoms with E-state index in [4.69, 9.17) is 11.6 Å². The van der Waals surface area contributed by atoms with E-state index in [1.54, 1.807) is 0 Å². The number of halogens is 4. The third kappa shape index (κ3) is 5.47. The molecule has 0 radical (unpaired) electrons. The van der Waals surface area contributed by atoms with Crippen LogP contribution in [0.4, 0.5) is 13.2 Å². The maximum atomic E-state index is 12.6. The number of sulfonamides is 1. The van der Waals surface area contributed by atoms with Gasteiger partial charge in [0.1, 0.15) is 0 Å². The van der Waals surface area contributed by atoms with Gasteiger partial charge in [0.05, 0.1) is 10.5 Å². The molecule has 0 amide bonds. The average molecular weight is 433 g/mol. The van der Waals surface area contributed by atoms with Crippen molar-refractivity contribution >= 4 is 21.6 Å². The molecule has 1 aliphatic rings. The van der Waals surface area contributed by atoms with Gasteiger partial charge >= 0.3 is 6.18 Å². The molecule has 1 aliphatic heterocycles. The third-order valence-corrected chi connectivity index (χ3v) is 6.51. The molecule has 0 aliphatic carbocycles. The number of likely N-dealkylation sites (tertiary alicyclic amines) is 1. The molecular weight excluding hydrogens is 413 g/mol. The van der Waals surface area contributed by atoms with Gasteiger partial charge in [0.25, 0.3) is 0 Å². The van der Waals surface area contributed by atoms with Crippen molar-refractivity contribution in [2.24, 2.45) is 0 Å². The molecule has 0 saturated carbocycles. The Hall–Kier alpha value is -1.61. The Morgan fingerprint density at radius 2 is 1.57 bits per heavy atom. The molecule has 3 rings (SSSR count). The second-order valence-corrected chi connectivity index (χ2v) is 8.97. The molecule has 0 aromatic heterocycles. The highest BCUT2D eigenvalue weighted by molar-refractivity contribution is 7.89. The van der Waals surface area contributed by atoms with Crippen molar-refractivity contribution in [3.05, 3.63) is 64.7 Å². The number of hydrogen-bond acceptors (Lipinski definition) is 3. The summed E-state index contributed by atoms with van der Waals surface area (Å²) >= 11 is 5.88. The largest absolute Gasteiger partial charge is 0.416 e. The van der Waals surface area contributed by atoms with Crippen molar-refractivity contribution in [2.45, 2.75) is 36.5 Å². The van der Waals surface area contributed by atoms with Crippen LogP contribution < -0.4 is 4.72 Å². The van der Waals surface area contributed by atoms with Crippen LogP contribution in [0.15, 0.2) is 53.4 Å². The average Bonchev–Trinajstić information content (AvgIpc) is 2.64. The molecule has 9 heteroatoms. The smallest absolute Gasteiger partial charge is 0.299 e. The van der Waals surface area contributed by atoms with Crippen LogP contribution in [-0.2, 0) is 22.7 Å². The van der Waals surface area contributed by atoms with E-state index in [1.165, 1.54) is 0 Å². The van der Waals surface area contributed by atoms with Crippen molar-refractivity contribution in [3.8, 4) is 0 Å². The lowest BCUT2D eigenvalue weighted by molar-refractivity contribution is -0.137. The molecule has 0 atom stereocenters. The lowest BCUT2D eigenvalue weighted by Gasteiger charge is -2.32. The normalized spacial score (nSPS) is 17.0. The molecular formula is C19H20ClF3N2O2S. The lowest BCUT2D eigenvalue weighted by atomic mass is 10.1. The number of benzene rings is 2. The number of hydrogen-bond donors (Lipinski definition) is 1. The minimum atomic E-state index is -4.49. The minimum absolute atomic E-state index is 0.163. The summed E-state index contributed by atoms with van der Waals surface area (Å²) in [4.78, 5) is 2.07. The van der Waals surface area contributed by atoms with Crippen molar-refractivity contribution in [2.75, 3.05) is 13.1 Å². The van der Waals surface area contributed by atoms with E-state index < -0.39 is 21.8 Å². The minimum Gasteiger partial charge on any atom is -0.299 e. The molecule has 1 fully saturated rings. The SMILES string of the molecule is O=S(=O)(NC1CCN(Cc2ccc(Cl)cc2)CC1)c1ccc(C(F)(F)F)cc1. The zero-order valence-electron chi connectivity index (χ0n) is 14.9. The van der Waals surface area contributed by atoms with E-state index in [2.05, 4.69) is 9.62 Å². The van der Waals surface area contributed by atoms with Gasteiger partial charge in [-0.1, -0.05) is 23.7 Å². The first kappa shape index (κ1) is 21.1. The number of alkyl halides is 3. The molecule has 28 heavy (non-hydrogen) atoms. The van der Waals surface area contributed by atoms with Crippen LogP contribution in [0.2, 0.25) is 5.02 Å². The first-order chi connectivity index (χ1) is 13.1. The van der Waals surface area contributed by atoms with E-state index in [-0.39, 0.29) is 10.9 Å². The third-order valence-electron chi connectivity index (χ3n) is 4.72. The Labute approximate surface area is 167 Å². The Bertz CT molecular complexity index is 892. The maximum absolute atomic E-state index is 12.6. The molecule has 0 spiro atoms. The summed E-state index contributed by atoms with van der Waals surface area (Å²) in [6, 6.07) is 10.9. The number of nitrogens with zero attached hydrogens (tertiary/aromatic N) is 1. The van der Waals surface area contributed by atoms with Gasteiger partial charge in [-0.3, -0.25) is 4.90 Å². The summed E-state index contributed by atoms with van der Waals surface area (Å²) in [6.07, 6.45) is -3.23. The topological polar surface area (TPSA) is 49.4 Å². The van der Waals surface area contributed by atoms with Crippen LogP contribution in [-0.4, -0.2) is 32.4 Å². The first-order valence-electron chi connectivity index (χ1n) is 8.80. The van der Waals surface area contributed by atoms with E-state index in [0.29, 0.717) is 17.9 Å². The summed E-state index contributed by atoms with van der Waals surface area (Å²) in [7, 11) is -3.85. The molecule has 2 aromatic rings. The molecule has 4 nitrogen and oxygen atoms in total. The summed E-state index contributed by atoms with van der Waals surface area (Å²) in [6.45, 7) is 2.21. The summed E-state index contributed by atoms with van der Waals surface area (Å²) < 4.78 is 65.4. The number of rotatable bonds is 5. The van der Waals surface area contributed by atoms with Crippen molar-refractivity contribution in [1.82, 2.24) is 9.62 Å². The Balaban J connectivity index is 1.55. The highest BCUT2D eigenvalue weighted by Gasteiger charge is 2.31. The predicted octanol–water partition coefficient (Wildman–Crippen LogP) is 4.30. The van der Waals surface area contributed by atoms with E-state index in [0.717, 1.165) is 49.5 Å². The van der Waals surface area contributed by atoms with Gasteiger partial charge in [-0.15, -0.1) is 0 Å². The van der Waals surface area contributed by atoms with Crippen molar-refractivity contribution in [3.63, 3.8) is 0 Å². The molecule has 1 saturated heterocycles. The van der Waals surface area contributed by atoms with Crippen LogP contribution in [0, 0.1) is 0 Å². The van der Waals surface area contributed by atoms with Gasteiger partial charge in [0.15, 0.2) is 0 Å². The lowest BCUT2D eigenvalue weighted by Crippen LogP contribution is -2.44. The molecule has 0 bridgehead atoms. The van der Waals surface area contributed by atoms with Crippen LogP contribution in [0.5, 0.6) is 0 Å².